The molecule has 27 heavy (non-hydrogen) atoms. The normalized spacial score (nSPS) is 13.7. The van der Waals surface area contributed by atoms with E-state index in [1.807, 2.05) is 0 Å². The van der Waals surface area contributed by atoms with E-state index in [1.54, 1.807) is 11.0 Å². The van der Waals surface area contributed by atoms with Gasteiger partial charge >= 0.3 is 0 Å². The molecule has 1 saturated heterocycles. The monoisotopic (exact) mass is 390 g/mol. The molecule has 7 nitrogen and oxygen atoms in total. The van der Waals surface area contributed by atoms with Crippen LogP contribution >= 0.6 is 11.3 Å². The van der Waals surface area contributed by atoms with Crippen molar-refractivity contribution in [1.82, 2.24) is 15.2 Å². The predicted molar refractivity (Wildman–Crippen MR) is 99.2 cm³/mol. The minimum atomic E-state index is -0.624. The predicted octanol–water partition coefficient (Wildman–Crippen LogP) is 2.28. The summed E-state index contributed by atoms with van der Waals surface area (Å²) >= 11 is 1.09. The van der Waals surface area contributed by atoms with Gasteiger partial charge in [-0.3, -0.25) is 19.7 Å². The van der Waals surface area contributed by atoms with Gasteiger partial charge in [0, 0.05) is 31.4 Å². The van der Waals surface area contributed by atoms with Crippen molar-refractivity contribution < 1.29 is 18.8 Å². The summed E-state index contributed by atoms with van der Waals surface area (Å²) in [6.45, 7) is 1.83. The number of nitrogens with zero attached hydrogens (tertiary/aromatic N) is 2. The number of amides is 3. The number of aromatic nitrogens is 1. The summed E-state index contributed by atoms with van der Waals surface area (Å²) in [4.78, 5) is 41.5. The summed E-state index contributed by atoms with van der Waals surface area (Å²) in [5, 5.41) is 6.97. The summed E-state index contributed by atoms with van der Waals surface area (Å²) in [6, 6.07) is 5.63. The highest BCUT2D eigenvalue weighted by molar-refractivity contribution is 7.14. The molecule has 1 fully saturated rings. The average molecular weight is 390 g/mol. The van der Waals surface area contributed by atoms with Gasteiger partial charge in [-0.25, -0.2) is 9.37 Å². The second kappa shape index (κ2) is 8.72. The zero-order valence-corrected chi connectivity index (χ0v) is 15.4. The second-order valence-corrected chi connectivity index (χ2v) is 6.92. The molecule has 0 saturated carbocycles. The summed E-state index contributed by atoms with van der Waals surface area (Å²) in [7, 11) is 0. The van der Waals surface area contributed by atoms with Gasteiger partial charge in [-0.1, -0.05) is 12.1 Å². The van der Waals surface area contributed by atoms with E-state index in [2.05, 4.69) is 15.6 Å². The summed E-state index contributed by atoms with van der Waals surface area (Å²) in [5.74, 6) is -1.44. The van der Waals surface area contributed by atoms with E-state index >= 15 is 0 Å². The number of hydrogen-bond donors (Lipinski definition) is 2. The third-order valence-corrected chi connectivity index (χ3v) is 4.90. The first-order chi connectivity index (χ1) is 13.0. The SMILES string of the molecule is O=C(NCCCN1CCCC1=O)c1csc(NC(=O)c2ccccc2F)n1. The van der Waals surface area contributed by atoms with Crippen LogP contribution in [0, 0.1) is 5.82 Å². The van der Waals surface area contributed by atoms with Crippen molar-refractivity contribution in [2.24, 2.45) is 0 Å². The first-order valence-corrected chi connectivity index (χ1v) is 9.50. The lowest BCUT2D eigenvalue weighted by atomic mass is 10.2. The molecular weight excluding hydrogens is 371 g/mol. The van der Waals surface area contributed by atoms with Crippen molar-refractivity contribution >= 4 is 34.2 Å². The molecule has 1 aromatic heterocycles. The lowest BCUT2D eigenvalue weighted by Gasteiger charge is -2.14. The van der Waals surface area contributed by atoms with Gasteiger partial charge in [0.15, 0.2) is 5.13 Å². The van der Waals surface area contributed by atoms with Crippen molar-refractivity contribution in [3.8, 4) is 0 Å². The van der Waals surface area contributed by atoms with Crippen molar-refractivity contribution in [3.05, 3.63) is 46.7 Å². The van der Waals surface area contributed by atoms with Crippen molar-refractivity contribution in [2.75, 3.05) is 25.0 Å². The summed E-state index contributed by atoms with van der Waals surface area (Å²) in [5.41, 5.74) is 0.0937. The van der Waals surface area contributed by atoms with E-state index in [4.69, 9.17) is 0 Å². The number of carbonyl (C=O) groups is 3. The Kier molecular flexibility index (Phi) is 6.12. The number of anilines is 1. The van der Waals surface area contributed by atoms with Crippen molar-refractivity contribution in [3.63, 3.8) is 0 Å². The van der Waals surface area contributed by atoms with Crippen LogP contribution in [0.3, 0.4) is 0 Å². The number of hydrogen-bond acceptors (Lipinski definition) is 5. The molecule has 9 heteroatoms. The maximum absolute atomic E-state index is 13.6. The van der Waals surface area contributed by atoms with Crippen molar-refractivity contribution in [1.29, 1.82) is 0 Å². The zero-order valence-electron chi connectivity index (χ0n) is 14.5. The van der Waals surface area contributed by atoms with Gasteiger partial charge in [-0.2, -0.15) is 0 Å². The van der Waals surface area contributed by atoms with E-state index in [1.165, 1.54) is 23.6 Å². The molecule has 2 heterocycles. The van der Waals surface area contributed by atoms with E-state index in [9.17, 15) is 18.8 Å². The molecular formula is C18H19FN4O3S. The topological polar surface area (TPSA) is 91.4 Å². The Balaban J connectivity index is 1.46. The highest BCUT2D eigenvalue weighted by Gasteiger charge is 2.19. The fraction of sp³-hybridized carbons (Fsp3) is 0.333. The average Bonchev–Trinajstić information content (AvgIpc) is 3.28. The fourth-order valence-electron chi connectivity index (χ4n) is 2.75. The first kappa shape index (κ1) is 19.0. The van der Waals surface area contributed by atoms with Crippen molar-refractivity contribution in [2.45, 2.75) is 19.3 Å². The minimum absolute atomic E-state index is 0.0878. The molecule has 0 atom stereocenters. The standard InChI is InChI=1S/C18H19FN4O3S/c19-13-6-2-1-5-12(13)16(25)22-18-21-14(11-27-18)17(26)20-8-4-10-23-9-3-7-15(23)24/h1-2,5-6,11H,3-4,7-10H2,(H,20,26)(H,21,22,25). The van der Waals surface area contributed by atoms with Gasteiger partial charge in [-0.15, -0.1) is 11.3 Å². The molecule has 1 aromatic carbocycles. The van der Waals surface area contributed by atoms with E-state index < -0.39 is 11.7 Å². The molecule has 3 rings (SSSR count). The third-order valence-electron chi connectivity index (χ3n) is 4.14. The number of rotatable bonds is 7. The molecule has 0 spiro atoms. The largest absolute Gasteiger partial charge is 0.351 e. The molecule has 3 amide bonds. The number of likely N-dealkylation sites (tertiary alicyclic amines) is 1. The summed E-state index contributed by atoms with van der Waals surface area (Å²) < 4.78 is 13.6. The van der Waals surface area contributed by atoms with Crippen LogP contribution in [-0.2, 0) is 4.79 Å². The van der Waals surface area contributed by atoms with Gasteiger partial charge < -0.3 is 10.2 Å². The van der Waals surface area contributed by atoms with Crippen LogP contribution in [0.5, 0.6) is 0 Å². The molecule has 0 radical (unpaired) electrons. The lowest BCUT2D eigenvalue weighted by Crippen LogP contribution is -2.30. The molecule has 2 aromatic rings. The van der Waals surface area contributed by atoms with E-state index in [0.29, 0.717) is 25.9 Å². The maximum atomic E-state index is 13.6. The van der Waals surface area contributed by atoms with Crippen LogP contribution in [-0.4, -0.2) is 47.2 Å². The van der Waals surface area contributed by atoms with Crippen LogP contribution in [0.4, 0.5) is 9.52 Å². The third kappa shape index (κ3) is 4.88. The minimum Gasteiger partial charge on any atom is -0.351 e. The highest BCUT2D eigenvalue weighted by Crippen LogP contribution is 2.17. The molecule has 0 aliphatic carbocycles. The molecule has 0 bridgehead atoms. The van der Waals surface area contributed by atoms with Gasteiger partial charge in [0.25, 0.3) is 11.8 Å². The van der Waals surface area contributed by atoms with Crippen LogP contribution in [0.1, 0.15) is 40.1 Å². The number of benzene rings is 1. The zero-order chi connectivity index (χ0) is 19.2. The van der Waals surface area contributed by atoms with Crippen LogP contribution in [0.25, 0.3) is 0 Å². The summed E-state index contributed by atoms with van der Waals surface area (Å²) in [6.07, 6.45) is 2.16. The smallest absolute Gasteiger partial charge is 0.270 e. The Labute approximate surface area is 159 Å². The number of nitrogens with one attached hydrogen (secondary N) is 2. The number of carbonyl (C=O) groups excluding carboxylic acids is 3. The Hall–Kier alpha value is -2.81. The molecule has 2 N–H and O–H groups in total. The second-order valence-electron chi connectivity index (χ2n) is 6.07. The van der Waals surface area contributed by atoms with E-state index in [0.717, 1.165) is 24.3 Å². The van der Waals surface area contributed by atoms with E-state index in [-0.39, 0.29) is 28.2 Å². The highest BCUT2D eigenvalue weighted by atomic mass is 32.1. The van der Waals surface area contributed by atoms with Gasteiger partial charge in [0.1, 0.15) is 11.5 Å². The van der Waals surface area contributed by atoms with Gasteiger partial charge in [0.05, 0.1) is 5.56 Å². The van der Waals surface area contributed by atoms with Crippen LogP contribution < -0.4 is 10.6 Å². The Morgan fingerprint density at radius 3 is 2.81 bits per heavy atom. The fourth-order valence-corrected chi connectivity index (χ4v) is 3.43. The van der Waals surface area contributed by atoms with Gasteiger partial charge in [-0.05, 0) is 25.0 Å². The Bertz CT molecular complexity index is 855. The molecule has 1 aliphatic heterocycles. The molecule has 142 valence electrons. The first-order valence-electron chi connectivity index (χ1n) is 8.62. The maximum Gasteiger partial charge on any atom is 0.270 e. The van der Waals surface area contributed by atoms with Crippen LogP contribution in [0.2, 0.25) is 0 Å². The molecule has 1 aliphatic rings. The van der Waals surface area contributed by atoms with Gasteiger partial charge in [0.2, 0.25) is 5.91 Å². The quantitative estimate of drug-likeness (QED) is 0.710. The molecule has 0 unspecified atom stereocenters. The van der Waals surface area contributed by atoms with Crippen LogP contribution in [0.15, 0.2) is 29.6 Å². The number of halogens is 1. The lowest BCUT2D eigenvalue weighted by molar-refractivity contribution is -0.127. The Morgan fingerprint density at radius 1 is 1.26 bits per heavy atom. The Morgan fingerprint density at radius 2 is 2.07 bits per heavy atom. The number of thiazole rings is 1.